The van der Waals surface area contributed by atoms with Crippen LogP contribution in [0.15, 0.2) is 45.4 Å². The quantitative estimate of drug-likeness (QED) is 0.236. The Labute approximate surface area is 227 Å². The highest BCUT2D eigenvalue weighted by atomic mass is 35.5. The van der Waals surface area contributed by atoms with Crippen molar-refractivity contribution in [2.75, 3.05) is 0 Å². The minimum atomic E-state index is -0.119. The van der Waals surface area contributed by atoms with E-state index in [-0.39, 0.29) is 6.61 Å². The highest BCUT2D eigenvalue weighted by Gasteiger charge is 2.34. The SMILES string of the molecule is O=Cc1c(-c2c(Cl)cccc2Cl)noc1C1CC1.OCc1c(-c2c(Cl)cccc2Cl)noc1C1CC1. The molecule has 0 bridgehead atoms. The molecular weight excluding hydrogens is 546 g/mol. The lowest BCUT2D eigenvalue weighted by molar-refractivity contribution is 0.112. The van der Waals surface area contributed by atoms with Crippen LogP contribution in [0.2, 0.25) is 20.1 Å². The summed E-state index contributed by atoms with van der Waals surface area (Å²) >= 11 is 24.5. The monoisotopic (exact) mass is 564 g/mol. The first-order chi connectivity index (χ1) is 17.4. The summed E-state index contributed by atoms with van der Waals surface area (Å²) in [5.74, 6) is 2.11. The predicted molar refractivity (Wildman–Crippen MR) is 139 cm³/mol. The van der Waals surface area contributed by atoms with E-state index in [1.54, 1.807) is 36.4 Å². The summed E-state index contributed by atoms with van der Waals surface area (Å²) in [6.45, 7) is -0.119. The summed E-state index contributed by atoms with van der Waals surface area (Å²) in [6, 6.07) is 10.4. The van der Waals surface area contributed by atoms with Crippen molar-refractivity contribution in [2.45, 2.75) is 44.1 Å². The number of aromatic nitrogens is 2. The van der Waals surface area contributed by atoms with Crippen LogP contribution in [0.1, 0.15) is 65.0 Å². The number of carbonyl (C=O) groups is 1. The zero-order valence-electron chi connectivity index (χ0n) is 18.8. The van der Waals surface area contributed by atoms with E-state index >= 15 is 0 Å². The molecule has 186 valence electrons. The van der Waals surface area contributed by atoms with Gasteiger partial charge in [-0.3, -0.25) is 4.79 Å². The van der Waals surface area contributed by atoms with Crippen LogP contribution in [-0.4, -0.2) is 21.7 Å². The summed E-state index contributed by atoms with van der Waals surface area (Å²) in [7, 11) is 0. The van der Waals surface area contributed by atoms with Crippen LogP contribution in [0.5, 0.6) is 0 Å². The number of nitrogens with zero attached hydrogens (tertiary/aromatic N) is 2. The summed E-state index contributed by atoms with van der Waals surface area (Å²) in [5.41, 5.74) is 3.33. The van der Waals surface area contributed by atoms with E-state index in [0.717, 1.165) is 37.7 Å². The van der Waals surface area contributed by atoms with Gasteiger partial charge in [0.25, 0.3) is 0 Å². The van der Waals surface area contributed by atoms with Gasteiger partial charge in [0.05, 0.1) is 32.3 Å². The lowest BCUT2D eigenvalue weighted by Crippen LogP contribution is -1.91. The summed E-state index contributed by atoms with van der Waals surface area (Å²) in [5, 5.41) is 19.5. The van der Waals surface area contributed by atoms with E-state index in [2.05, 4.69) is 10.3 Å². The Balaban J connectivity index is 0.000000148. The van der Waals surface area contributed by atoms with Gasteiger partial charge >= 0.3 is 0 Å². The highest BCUT2D eigenvalue weighted by molar-refractivity contribution is 6.39. The average Bonchev–Trinajstić information content (AvgIpc) is 3.80. The fraction of sp³-hybridized carbons (Fsp3) is 0.269. The van der Waals surface area contributed by atoms with E-state index in [9.17, 15) is 9.90 Å². The van der Waals surface area contributed by atoms with Crippen molar-refractivity contribution >= 4 is 52.7 Å². The molecule has 0 unspecified atom stereocenters. The van der Waals surface area contributed by atoms with Crippen molar-refractivity contribution < 1.29 is 18.9 Å². The lowest BCUT2D eigenvalue weighted by Gasteiger charge is -2.05. The number of aliphatic hydroxyl groups is 1. The van der Waals surface area contributed by atoms with Crippen molar-refractivity contribution in [3.63, 3.8) is 0 Å². The molecule has 1 N–H and O–H groups in total. The van der Waals surface area contributed by atoms with Gasteiger partial charge in [-0.15, -0.1) is 0 Å². The van der Waals surface area contributed by atoms with Crippen molar-refractivity contribution in [1.82, 2.24) is 10.3 Å². The molecule has 2 aliphatic carbocycles. The van der Waals surface area contributed by atoms with Gasteiger partial charge in [-0.2, -0.15) is 0 Å². The second kappa shape index (κ2) is 10.6. The molecule has 2 aromatic carbocycles. The minimum absolute atomic E-state index is 0.119. The maximum Gasteiger partial charge on any atom is 0.155 e. The summed E-state index contributed by atoms with van der Waals surface area (Å²) in [6.07, 6.45) is 4.99. The van der Waals surface area contributed by atoms with Crippen LogP contribution in [0.4, 0.5) is 0 Å². The number of carbonyl (C=O) groups excluding carboxylic acids is 1. The molecule has 2 saturated carbocycles. The number of rotatable bonds is 6. The Hall–Kier alpha value is -2.35. The molecule has 10 heteroatoms. The van der Waals surface area contributed by atoms with Crippen LogP contribution < -0.4 is 0 Å². The number of halogens is 4. The Morgan fingerprint density at radius 3 is 1.69 bits per heavy atom. The number of aldehydes is 1. The van der Waals surface area contributed by atoms with Crippen LogP contribution >= 0.6 is 46.4 Å². The zero-order valence-corrected chi connectivity index (χ0v) is 21.8. The lowest BCUT2D eigenvalue weighted by atomic mass is 10.0. The molecule has 0 aliphatic heterocycles. The minimum Gasteiger partial charge on any atom is -0.391 e. The van der Waals surface area contributed by atoms with Crippen LogP contribution in [-0.2, 0) is 6.61 Å². The van der Waals surface area contributed by atoms with Crippen molar-refractivity contribution in [3.8, 4) is 22.5 Å². The first kappa shape index (κ1) is 25.3. The number of aliphatic hydroxyl groups excluding tert-OH is 1. The van der Waals surface area contributed by atoms with Gasteiger partial charge in [0, 0.05) is 28.5 Å². The Morgan fingerprint density at radius 2 is 1.22 bits per heavy atom. The van der Waals surface area contributed by atoms with Gasteiger partial charge < -0.3 is 14.2 Å². The van der Waals surface area contributed by atoms with E-state index < -0.39 is 0 Å². The molecule has 6 nitrogen and oxygen atoms in total. The second-order valence-electron chi connectivity index (χ2n) is 8.70. The van der Waals surface area contributed by atoms with Crippen LogP contribution in [0, 0.1) is 0 Å². The molecule has 0 atom stereocenters. The molecule has 6 rings (SSSR count). The van der Waals surface area contributed by atoms with Crippen molar-refractivity contribution in [1.29, 1.82) is 0 Å². The third kappa shape index (κ3) is 4.93. The smallest absolute Gasteiger partial charge is 0.155 e. The van der Waals surface area contributed by atoms with Crippen LogP contribution in [0.3, 0.4) is 0 Å². The van der Waals surface area contributed by atoms with Crippen molar-refractivity contribution in [2.24, 2.45) is 0 Å². The maximum absolute atomic E-state index is 11.3. The Bertz CT molecular complexity index is 1380. The molecule has 2 fully saturated rings. The molecule has 0 spiro atoms. The first-order valence-electron chi connectivity index (χ1n) is 11.4. The molecule has 0 saturated heterocycles. The summed E-state index contributed by atoms with van der Waals surface area (Å²) in [4.78, 5) is 11.3. The number of hydrogen-bond donors (Lipinski definition) is 1. The standard InChI is InChI=1S/C13H11Cl2NO2.C13H9Cl2NO2/c2*14-9-2-1-3-10(15)11(9)12-8(6-17)13(18-16-12)7-4-5-7/h1-3,7,17H,4-6H2;1-3,6-7H,4-5H2. The van der Waals surface area contributed by atoms with Gasteiger partial charge in [-0.25, -0.2) is 0 Å². The first-order valence-corrected chi connectivity index (χ1v) is 12.9. The van der Waals surface area contributed by atoms with E-state index in [4.69, 9.17) is 55.4 Å². The average molecular weight is 566 g/mol. The predicted octanol–water partition coefficient (Wildman–Crippen LogP) is 8.36. The molecule has 2 aliphatic rings. The largest absolute Gasteiger partial charge is 0.391 e. The molecule has 0 radical (unpaired) electrons. The van der Waals surface area contributed by atoms with E-state index in [0.29, 0.717) is 71.3 Å². The third-order valence-corrected chi connectivity index (χ3v) is 7.41. The molecule has 36 heavy (non-hydrogen) atoms. The van der Waals surface area contributed by atoms with Crippen molar-refractivity contribution in [3.05, 3.63) is 79.1 Å². The second-order valence-corrected chi connectivity index (χ2v) is 10.3. The maximum atomic E-state index is 11.3. The van der Waals surface area contributed by atoms with Gasteiger partial charge in [-0.05, 0) is 49.9 Å². The fourth-order valence-corrected chi connectivity index (χ4v) is 5.18. The zero-order chi connectivity index (χ0) is 25.4. The molecule has 0 amide bonds. The number of benzene rings is 2. The van der Waals surface area contributed by atoms with Gasteiger partial charge in [0.2, 0.25) is 0 Å². The molecular formula is C26H20Cl4N2O4. The van der Waals surface area contributed by atoms with Gasteiger partial charge in [0.15, 0.2) is 12.0 Å². The van der Waals surface area contributed by atoms with Gasteiger partial charge in [-0.1, -0.05) is 68.8 Å². The Kier molecular flexibility index (Phi) is 7.42. The molecule has 2 aromatic heterocycles. The van der Waals surface area contributed by atoms with Gasteiger partial charge in [0.1, 0.15) is 17.1 Å². The highest BCUT2D eigenvalue weighted by Crippen LogP contribution is 2.46. The number of hydrogen-bond acceptors (Lipinski definition) is 6. The molecule has 2 heterocycles. The normalized spacial score (nSPS) is 14.9. The third-order valence-electron chi connectivity index (χ3n) is 6.15. The molecule has 4 aromatic rings. The summed E-state index contributed by atoms with van der Waals surface area (Å²) < 4.78 is 10.6. The fourth-order valence-electron chi connectivity index (χ4n) is 4.03. The topological polar surface area (TPSA) is 89.4 Å². The van der Waals surface area contributed by atoms with Crippen LogP contribution in [0.25, 0.3) is 22.5 Å². The Morgan fingerprint density at radius 1 is 0.778 bits per heavy atom. The van der Waals surface area contributed by atoms with E-state index in [1.807, 2.05) is 0 Å². The van der Waals surface area contributed by atoms with E-state index in [1.165, 1.54) is 0 Å².